The van der Waals surface area contributed by atoms with Gasteiger partial charge in [0.1, 0.15) is 0 Å². The first-order valence-electron chi connectivity index (χ1n) is 14.1. The Hall–Kier alpha value is 1.40. The molecular formula is C29H36I6N2O11. The minimum atomic E-state index is -2.23. The maximum atomic E-state index is 13.9. The number of carbonyl (C=O) groups is 2. The summed E-state index contributed by atoms with van der Waals surface area (Å²) in [6.45, 7) is -3.50. The van der Waals surface area contributed by atoms with Crippen molar-refractivity contribution in [3.8, 4) is 0 Å². The van der Waals surface area contributed by atoms with E-state index in [1.807, 2.05) is 136 Å². The van der Waals surface area contributed by atoms with Crippen LogP contribution in [0, 0.1) is 21.4 Å². The fraction of sp³-hybridized carbons (Fsp3) is 0.517. The molecule has 0 atom stereocenters. The molecule has 2 amide bonds. The van der Waals surface area contributed by atoms with E-state index in [9.17, 15) is 55.5 Å². The third kappa shape index (κ3) is 9.19. The van der Waals surface area contributed by atoms with Gasteiger partial charge in [0.2, 0.25) is 6.10 Å². The van der Waals surface area contributed by atoms with Crippen LogP contribution in [0.25, 0.3) is 0 Å². The van der Waals surface area contributed by atoms with Crippen molar-refractivity contribution in [1.82, 2.24) is 0 Å². The molecule has 0 unspecified atom stereocenters. The number of nitrogens with zero attached hydrogens (tertiary/aromatic N) is 2. The summed E-state index contributed by atoms with van der Waals surface area (Å²) < 4.78 is 2.95. The van der Waals surface area contributed by atoms with Crippen molar-refractivity contribution >= 4 is 159 Å². The Bertz CT molecular complexity index is 1280. The van der Waals surface area contributed by atoms with E-state index >= 15 is 0 Å². The number of aliphatic hydroxyl groups excluding tert-OH is 9. The Balaban J connectivity index is 2.78. The van der Waals surface area contributed by atoms with Gasteiger partial charge in [0.05, 0.1) is 64.2 Å². The van der Waals surface area contributed by atoms with Crippen LogP contribution in [0.3, 0.4) is 0 Å². The molecule has 0 heterocycles. The lowest BCUT2D eigenvalue weighted by atomic mass is 9.92. The molecule has 2 aromatic carbocycles. The van der Waals surface area contributed by atoms with Gasteiger partial charge in [-0.2, -0.15) is 0 Å². The molecule has 0 aromatic heterocycles. The largest absolute Gasteiger partial charge is 0.396 e. The van der Waals surface area contributed by atoms with E-state index in [-0.39, 0.29) is 11.4 Å². The van der Waals surface area contributed by atoms with Gasteiger partial charge in [-0.3, -0.25) is 9.59 Å². The number of likely N-dealkylation sites (N-methyl/N-ethyl adjacent to an activating group) is 2. The Morgan fingerprint density at radius 1 is 0.458 bits per heavy atom. The molecule has 0 spiro atoms. The number of carbonyl (C=O) groups excluding carboxylic acids is 2. The van der Waals surface area contributed by atoms with E-state index in [1.165, 1.54) is 14.1 Å². The number of rotatable bonds is 16. The highest BCUT2D eigenvalue weighted by molar-refractivity contribution is 14.1. The zero-order valence-electron chi connectivity index (χ0n) is 25.5. The van der Waals surface area contributed by atoms with Gasteiger partial charge < -0.3 is 55.8 Å². The number of hydrogen-bond donors (Lipinski definition) is 9. The molecule has 2 rings (SSSR count). The first-order valence-corrected chi connectivity index (χ1v) is 20.6. The third-order valence-corrected chi connectivity index (χ3v) is 14.6. The Kier molecular flexibility index (Phi) is 19.7. The van der Waals surface area contributed by atoms with Crippen molar-refractivity contribution in [2.24, 2.45) is 0 Å². The lowest BCUT2D eigenvalue weighted by Crippen LogP contribution is -2.48. The fourth-order valence-corrected chi connectivity index (χ4v) is 16.4. The van der Waals surface area contributed by atoms with Gasteiger partial charge in [0.15, 0.2) is 0 Å². The molecule has 48 heavy (non-hydrogen) atoms. The smallest absolute Gasteiger partial charge is 0.265 e. The minimum absolute atomic E-state index is 0.241. The number of benzene rings is 2. The van der Waals surface area contributed by atoms with Crippen LogP contribution in [0.15, 0.2) is 0 Å². The molecular weight excluding hydrogens is 1310 g/mol. The molecule has 0 aliphatic heterocycles. The number of amides is 2. The van der Waals surface area contributed by atoms with Crippen molar-refractivity contribution in [2.75, 3.05) is 76.8 Å². The summed E-state index contributed by atoms with van der Waals surface area (Å²) in [5.74, 6) is -5.11. The average molecular weight is 1350 g/mol. The van der Waals surface area contributed by atoms with E-state index in [2.05, 4.69) is 0 Å². The van der Waals surface area contributed by atoms with Crippen LogP contribution in [-0.4, -0.2) is 131 Å². The number of halogens is 6. The van der Waals surface area contributed by atoms with Crippen LogP contribution in [0.4, 0.5) is 11.4 Å². The monoisotopic (exact) mass is 1350 g/mol. The highest BCUT2D eigenvalue weighted by Crippen LogP contribution is 2.45. The minimum Gasteiger partial charge on any atom is -0.396 e. The Labute approximate surface area is 359 Å². The van der Waals surface area contributed by atoms with Crippen molar-refractivity contribution in [3.05, 3.63) is 43.7 Å². The molecule has 19 heteroatoms. The highest BCUT2D eigenvalue weighted by atomic mass is 127. The molecule has 2 aromatic rings. The summed E-state index contributed by atoms with van der Waals surface area (Å²) in [6, 6.07) is 0. The first-order chi connectivity index (χ1) is 22.6. The summed E-state index contributed by atoms with van der Waals surface area (Å²) >= 11 is 11.9. The van der Waals surface area contributed by atoms with Gasteiger partial charge in [0, 0.05) is 59.2 Å². The van der Waals surface area contributed by atoms with Gasteiger partial charge in [-0.25, -0.2) is 0 Å². The molecule has 0 saturated heterocycles. The van der Waals surface area contributed by atoms with E-state index in [1.54, 1.807) is 0 Å². The summed E-state index contributed by atoms with van der Waals surface area (Å²) in [5, 5.41) is 91.7. The lowest BCUT2D eigenvalue weighted by Gasteiger charge is -2.32. The predicted molar refractivity (Wildman–Crippen MR) is 230 cm³/mol. The summed E-state index contributed by atoms with van der Waals surface area (Å²) in [4.78, 5) is 30.0. The molecule has 0 fully saturated rings. The number of anilines is 2. The maximum Gasteiger partial charge on any atom is 0.265 e. The SMILES string of the molecule is CN(C(=O)C(O)C(=O)N(C)c1c(I)c(C(CO)CO)c(I)c(C(CO)CO)c1I)c1c(I)c(C(CO)CO)c(I)c(C(CO)CO)c1I. The second kappa shape index (κ2) is 20.7. The second-order valence-corrected chi connectivity index (χ2v) is 17.2. The highest BCUT2D eigenvalue weighted by Gasteiger charge is 2.38. The van der Waals surface area contributed by atoms with Crippen LogP contribution >= 0.6 is 136 Å². The summed E-state index contributed by atoms with van der Waals surface area (Å²) in [5.41, 5.74) is 2.39. The number of aliphatic hydroxyl groups is 9. The van der Waals surface area contributed by atoms with Crippen molar-refractivity contribution in [2.45, 2.75) is 29.8 Å². The van der Waals surface area contributed by atoms with E-state index in [0.29, 0.717) is 43.7 Å². The summed E-state index contributed by atoms with van der Waals surface area (Å²) in [7, 11) is 2.71. The van der Waals surface area contributed by atoms with Crippen LogP contribution < -0.4 is 9.80 Å². The molecule has 9 N–H and O–H groups in total. The topological polar surface area (TPSA) is 223 Å². The second-order valence-electron chi connectivity index (χ2n) is 10.7. The molecule has 0 bridgehead atoms. The lowest BCUT2D eigenvalue weighted by molar-refractivity contribution is -0.137. The van der Waals surface area contributed by atoms with Gasteiger partial charge in [-0.15, -0.1) is 0 Å². The molecule has 0 saturated carbocycles. The van der Waals surface area contributed by atoms with E-state index < -0.39 is 94.4 Å². The van der Waals surface area contributed by atoms with Crippen LogP contribution in [0.2, 0.25) is 0 Å². The Morgan fingerprint density at radius 3 is 0.812 bits per heavy atom. The van der Waals surface area contributed by atoms with Gasteiger partial charge >= 0.3 is 0 Å². The van der Waals surface area contributed by atoms with Crippen molar-refractivity contribution < 1.29 is 55.5 Å². The van der Waals surface area contributed by atoms with Gasteiger partial charge in [0.25, 0.3) is 11.8 Å². The zero-order valence-corrected chi connectivity index (χ0v) is 38.5. The number of hydrogen-bond acceptors (Lipinski definition) is 11. The normalized spacial score (nSPS) is 12.0. The van der Waals surface area contributed by atoms with Crippen LogP contribution in [0.5, 0.6) is 0 Å². The van der Waals surface area contributed by atoms with Crippen molar-refractivity contribution in [3.63, 3.8) is 0 Å². The maximum absolute atomic E-state index is 13.9. The van der Waals surface area contributed by atoms with Gasteiger partial charge in [-0.05, 0) is 158 Å². The molecule has 0 aliphatic rings. The van der Waals surface area contributed by atoms with E-state index in [0.717, 1.165) is 9.80 Å². The predicted octanol–water partition coefficient (Wildman–Crippen LogP) is 1.57. The molecule has 0 radical (unpaired) electrons. The first kappa shape index (κ1) is 45.6. The molecule has 270 valence electrons. The van der Waals surface area contributed by atoms with Crippen molar-refractivity contribution in [1.29, 1.82) is 0 Å². The zero-order chi connectivity index (χ0) is 36.8. The summed E-state index contributed by atoms with van der Waals surface area (Å²) in [6.07, 6.45) is -2.23. The third-order valence-electron chi connectivity index (χ3n) is 7.92. The van der Waals surface area contributed by atoms with Crippen LogP contribution in [0.1, 0.15) is 45.9 Å². The molecule has 0 aliphatic carbocycles. The fourth-order valence-electron chi connectivity index (χ4n) is 5.06. The standard InChI is InChI=1S/C29H36I6N2O11/c1-36(25-21(32)15(11(3-38)4-39)19(30)16(22(25)33)12(5-40)6-41)28(47)27(46)29(48)37(2)26-23(34)17(13(7-42)8-43)20(31)18(24(26)35)14(9-44)10-45/h11-14,27,38-46H,3-10H2,1-2H3. The quantitative estimate of drug-likeness (QED) is 0.0868. The Morgan fingerprint density at radius 2 is 0.646 bits per heavy atom. The van der Waals surface area contributed by atoms with Gasteiger partial charge in [-0.1, -0.05) is 0 Å². The molecule has 13 nitrogen and oxygen atoms in total. The van der Waals surface area contributed by atoms with E-state index in [4.69, 9.17) is 0 Å². The van der Waals surface area contributed by atoms with Crippen LogP contribution in [-0.2, 0) is 9.59 Å². The average Bonchev–Trinajstić information content (AvgIpc) is 3.07.